The molecule has 2 saturated carbocycles. The van der Waals surface area contributed by atoms with Crippen LogP contribution in [0, 0.1) is 23.1 Å². The van der Waals surface area contributed by atoms with E-state index in [1.165, 1.54) is 18.5 Å². The van der Waals surface area contributed by atoms with E-state index in [-0.39, 0.29) is 17.1 Å². The Morgan fingerprint density at radius 1 is 1.04 bits per heavy atom. The molecular weight excluding hydrogens is 635 g/mol. The maximum absolute atomic E-state index is 14.6. The number of amides is 1. The average Bonchev–Trinajstić information content (AvgIpc) is 3.85. The monoisotopic (exact) mass is 678 g/mol. The molecule has 2 N–H and O–H groups in total. The van der Waals surface area contributed by atoms with E-state index in [2.05, 4.69) is 64.4 Å². The fourth-order valence-electron chi connectivity index (χ4n) is 8.41. The number of nitrogens with one attached hydrogen (secondary N) is 2. The molecule has 3 aromatic heterocycles. The lowest BCUT2D eigenvalue weighted by molar-refractivity contribution is -0.0656. The van der Waals surface area contributed by atoms with Crippen LogP contribution in [0.4, 0.5) is 15.9 Å². The molecule has 5 heterocycles. The molecule has 12 nitrogen and oxygen atoms in total. The first-order valence-electron chi connectivity index (χ1n) is 17.7. The largest absolute Gasteiger partial charge is 0.434 e. The lowest BCUT2D eigenvalue weighted by Crippen LogP contribution is -2.65. The van der Waals surface area contributed by atoms with Gasteiger partial charge in [-0.15, -0.1) is 10.2 Å². The number of hydrogen-bond donors (Lipinski definition) is 2. The molecule has 0 bridgehead atoms. The summed E-state index contributed by atoms with van der Waals surface area (Å²) in [5.74, 6) is 2.42. The summed E-state index contributed by atoms with van der Waals surface area (Å²) < 4.78 is 21.0. The van der Waals surface area contributed by atoms with Crippen LogP contribution in [0.1, 0.15) is 68.1 Å². The van der Waals surface area contributed by atoms with E-state index in [4.69, 9.17) is 4.74 Å². The normalized spacial score (nSPS) is 21.8. The number of halogens is 1. The van der Waals surface area contributed by atoms with Crippen molar-refractivity contribution in [2.75, 3.05) is 43.4 Å². The van der Waals surface area contributed by atoms with Gasteiger partial charge in [-0.2, -0.15) is 0 Å². The number of carbonyl (C=O) groups excluding carboxylic acids is 1. The van der Waals surface area contributed by atoms with Gasteiger partial charge in [0, 0.05) is 85.9 Å². The molecule has 0 radical (unpaired) electrons. The summed E-state index contributed by atoms with van der Waals surface area (Å²) in [5, 5.41) is 14.7. The summed E-state index contributed by atoms with van der Waals surface area (Å²) in [7, 11) is 1.62. The fraction of sp³-hybridized carbons (Fsp3) is 0.486. The molecule has 2 saturated heterocycles. The van der Waals surface area contributed by atoms with E-state index < -0.39 is 0 Å². The highest BCUT2D eigenvalue weighted by Gasteiger charge is 2.53. The summed E-state index contributed by atoms with van der Waals surface area (Å²) in [5.41, 5.74) is 3.84. The number of anilines is 2. The zero-order valence-corrected chi connectivity index (χ0v) is 28.7. The van der Waals surface area contributed by atoms with E-state index >= 15 is 0 Å². The molecule has 8 rings (SSSR count). The predicted molar refractivity (Wildman–Crippen MR) is 187 cm³/mol. The van der Waals surface area contributed by atoms with Gasteiger partial charge in [0.15, 0.2) is 5.82 Å². The highest BCUT2D eigenvalue weighted by Crippen LogP contribution is 2.49. The second kappa shape index (κ2) is 13.2. The standard InChI is InChI=1S/C37H43FN10O2/c1-22(2)33(24-12-27(13-24)45-26-8-10-41-30(15-26)35(49)39-3)48-18-37(19-48)9-11-47(17-37)34-36(46-44-21-43-34)50-31-7-6-25(38)14-28(31)29-16-40-20-42-32(29)23-4-5-23/h6-8,10,14-16,20-24,27,33H,4-5,9,11-13,17-19H2,1-3H3,(H,39,49)(H,41,45)/t24?,27?,33-/m1/s1. The molecule has 260 valence electrons. The smallest absolute Gasteiger partial charge is 0.282 e. The van der Waals surface area contributed by atoms with Crippen LogP contribution in [-0.4, -0.2) is 86.3 Å². The molecule has 1 aromatic carbocycles. The zero-order chi connectivity index (χ0) is 34.4. The van der Waals surface area contributed by atoms with Gasteiger partial charge < -0.3 is 20.3 Å². The molecule has 13 heteroatoms. The highest BCUT2D eigenvalue weighted by molar-refractivity contribution is 5.92. The number of rotatable bonds is 11. The Labute approximate surface area is 291 Å². The molecule has 1 amide bonds. The molecule has 0 unspecified atom stereocenters. The molecule has 1 spiro atoms. The zero-order valence-electron chi connectivity index (χ0n) is 28.7. The summed E-state index contributed by atoms with van der Waals surface area (Å²) in [6.45, 7) is 8.49. The van der Waals surface area contributed by atoms with Crippen molar-refractivity contribution in [3.63, 3.8) is 0 Å². The number of carbonyl (C=O) groups is 1. The van der Waals surface area contributed by atoms with Crippen molar-refractivity contribution in [3.05, 3.63) is 72.6 Å². The molecule has 50 heavy (non-hydrogen) atoms. The van der Waals surface area contributed by atoms with Crippen LogP contribution in [0.15, 0.2) is 55.4 Å². The van der Waals surface area contributed by atoms with Gasteiger partial charge in [0.25, 0.3) is 11.8 Å². The number of pyridine rings is 1. The quantitative estimate of drug-likeness (QED) is 0.214. The van der Waals surface area contributed by atoms with Crippen LogP contribution in [0.5, 0.6) is 11.6 Å². The van der Waals surface area contributed by atoms with Gasteiger partial charge in [0.05, 0.1) is 5.69 Å². The summed E-state index contributed by atoms with van der Waals surface area (Å²) in [6.07, 6.45) is 11.8. The van der Waals surface area contributed by atoms with E-state index in [1.54, 1.807) is 31.8 Å². The van der Waals surface area contributed by atoms with Crippen molar-refractivity contribution in [2.24, 2.45) is 17.3 Å². The third-order valence-corrected chi connectivity index (χ3v) is 10.9. The van der Waals surface area contributed by atoms with Gasteiger partial charge >= 0.3 is 0 Å². The molecule has 4 fully saturated rings. The molecule has 4 aliphatic rings. The first-order chi connectivity index (χ1) is 24.3. The maximum atomic E-state index is 14.6. The molecule has 2 aliphatic heterocycles. The van der Waals surface area contributed by atoms with Gasteiger partial charge in [0.2, 0.25) is 0 Å². The molecular formula is C37H43FN10O2. The third kappa shape index (κ3) is 6.34. The lowest BCUT2D eigenvalue weighted by Gasteiger charge is -2.57. The Morgan fingerprint density at radius 3 is 2.66 bits per heavy atom. The number of nitrogens with zero attached hydrogens (tertiary/aromatic N) is 8. The van der Waals surface area contributed by atoms with Crippen LogP contribution in [0.25, 0.3) is 11.1 Å². The van der Waals surface area contributed by atoms with Crippen LogP contribution in [-0.2, 0) is 0 Å². The Kier molecular flexibility index (Phi) is 8.54. The van der Waals surface area contributed by atoms with Gasteiger partial charge in [-0.05, 0) is 74.3 Å². The van der Waals surface area contributed by atoms with Gasteiger partial charge in [-0.3, -0.25) is 14.7 Å². The second-order valence-electron chi connectivity index (χ2n) is 14.8. The Hall–Kier alpha value is -4.78. The highest BCUT2D eigenvalue weighted by atomic mass is 19.1. The number of aromatic nitrogens is 6. The number of hydrogen-bond acceptors (Lipinski definition) is 11. The number of benzene rings is 1. The maximum Gasteiger partial charge on any atom is 0.282 e. The third-order valence-electron chi connectivity index (χ3n) is 10.9. The van der Waals surface area contributed by atoms with Gasteiger partial charge in [0.1, 0.15) is 29.9 Å². The fourth-order valence-corrected chi connectivity index (χ4v) is 8.41. The van der Waals surface area contributed by atoms with Crippen LogP contribution >= 0.6 is 0 Å². The van der Waals surface area contributed by atoms with Crippen molar-refractivity contribution in [1.29, 1.82) is 0 Å². The Morgan fingerprint density at radius 2 is 1.88 bits per heavy atom. The van der Waals surface area contributed by atoms with E-state index in [1.807, 2.05) is 12.1 Å². The summed E-state index contributed by atoms with van der Waals surface area (Å²) in [6, 6.07) is 9.16. The van der Waals surface area contributed by atoms with Crippen LogP contribution in [0.2, 0.25) is 0 Å². The summed E-state index contributed by atoms with van der Waals surface area (Å²) in [4.78, 5) is 34.6. The molecule has 4 aromatic rings. The SMILES string of the molecule is CNC(=O)c1cc(NC2CC([C@@H](C(C)C)N3CC4(CCN(c5ncnnc5Oc5ccc(F)cc5-c5cncnc5C5CC5)C4)C3)C2)ccn1. The molecule has 2 aliphatic carbocycles. The minimum absolute atomic E-state index is 0.181. The topological polar surface area (TPSA) is 134 Å². The number of ether oxygens (including phenoxy) is 1. The van der Waals surface area contributed by atoms with E-state index in [0.717, 1.165) is 75.2 Å². The lowest BCUT2D eigenvalue weighted by atomic mass is 9.68. The van der Waals surface area contributed by atoms with Crippen molar-refractivity contribution in [2.45, 2.75) is 64.0 Å². The summed E-state index contributed by atoms with van der Waals surface area (Å²) >= 11 is 0. The predicted octanol–water partition coefficient (Wildman–Crippen LogP) is 5.32. The van der Waals surface area contributed by atoms with Crippen molar-refractivity contribution < 1.29 is 13.9 Å². The average molecular weight is 679 g/mol. The van der Waals surface area contributed by atoms with Crippen LogP contribution < -0.4 is 20.3 Å². The van der Waals surface area contributed by atoms with Crippen molar-refractivity contribution in [3.8, 4) is 22.8 Å². The second-order valence-corrected chi connectivity index (χ2v) is 14.8. The first-order valence-corrected chi connectivity index (χ1v) is 17.7. The Balaban J connectivity index is 0.919. The minimum atomic E-state index is -0.356. The van der Waals surface area contributed by atoms with E-state index in [9.17, 15) is 9.18 Å². The van der Waals surface area contributed by atoms with Gasteiger partial charge in [-0.1, -0.05) is 13.8 Å². The first kappa shape index (κ1) is 32.4. The van der Waals surface area contributed by atoms with Crippen LogP contribution in [0.3, 0.4) is 0 Å². The minimum Gasteiger partial charge on any atom is -0.434 e. The Bertz CT molecular complexity index is 1870. The van der Waals surface area contributed by atoms with Crippen molar-refractivity contribution in [1.82, 2.24) is 40.3 Å². The van der Waals surface area contributed by atoms with Gasteiger partial charge in [-0.25, -0.2) is 19.3 Å². The van der Waals surface area contributed by atoms with Crippen molar-refractivity contribution >= 4 is 17.4 Å². The molecule has 1 atom stereocenters. The number of likely N-dealkylation sites (tertiary alicyclic amines) is 1. The van der Waals surface area contributed by atoms with E-state index in [0.29, 0.717) is 58.5 Å².